The van der Waals surface area contributed by atoms with Crippen LogP contribution >= 0.6 is 0 Å². The Kier molecular flexibility index (Phi) is 3.21. The second-order valence-electron chi connectivity index (χ2n) is 2.93. The third-order valence-corrected chi connectivity index (χ3v) is 1.91. The molecule has 1 unspecified atom stereocenters. The Morgan fingerprint density at radius 2 is 2.00 bits per heavy atom. The first kappa shape index (κ1) is 11.4. The smallest absolute Gasteiger partial charge is 0.325 e. The first-order valence-corrected chi connectivity index (χ1v) is 4.03. The third-order valence-electron chi connectivity index (χ3n) is 1.91. The summed E-state index contributed by atoms with van der Waals surface area (Å²) in [7, 11) is 0. The van der Waals surface area contributed by atoms with Crippen LogP contribution < -0.4 is 5.73 Å². The molecule has 0 aliphatic carbocycles. The number of phenols is 1. The van der Waals surface area contributed by atoms with E-state index in [1.807, 2.05) is 0 Å². The maximum Gasteiger partial charge on any atom is 0.325 e. The number of nitrogens with two attached hydrogens (primary N) is 1. The lowest BCUT2D eigenvalue weighted by atomic mass is 10.0. The summed E-state index contributed by atoms with van der Waals surface area (Å²) >= 11 is 0. The number of carboxylic acids is 1. The van der Waals surface area contributed by atoms with E-state index in [0.29, 0.717) is 0 Å². The van der Waals surface area contributed by atoms with Gasteiger partial charge in [-0.05, 0) is 6.07 Å². The van der Waals surface area contributed by atoms with E-state index in [1.165, 1.54) is 0 Å². The Balaban J connectivity index is 3.08. The van der Waals surface area contributed by atoms with Gasteiger partial charge in [-0.2, -0.15) is 0 Å². The summed E-state index contributed by atoms with van der Waals surface area (Å²) in [6.07, 6.45) is -2.72. The zero-order valence-electron chi connectivity index (χ0n) is 7.52. The van der Waals surface area contributed by atoms with Gasteiger partial charge in [0.1, 0.15) is 11.8 Å². The zero-order chi connectivity index (χ0) is 11.6. The molecule has 15 heavy (non-hydrogen) atoms. The van der Waals surface area contributed by atoms with E-state index in [9.17, 15) is 18.7 Å². The van der Waals surface area contributed by atoms with Gasteiger partial charge in [-0.15, -0.1) is 0 Å². The first-order valence-electron chi connectivity index (χ1n) is 4.03. The van der Waals surface area contributed by atoms with E-state index in [4.69, 9.17) is 10.8 Å². The number of rotatable bonds is 3. The van der Waals surface area contributed by atoms with Crippen LogP contribution in [0.3, 0.4) is 0 Å². The van der Waals surface area contributed by atoms with Crippen molar-refractivity contribution in [1.29, 1.82) is 0 Å². The minimum atomic E-state index is -2.72. The molecule has 1 atom stereocenters. The van der Waals surface area contributed by atoms with Crippen molar-refractivity contribution in [2.75, 3.05) is 0 Å². The normalized spacial score (nSPS) is 12.8. The first-order chi connectivity index (χ1) is 6.93. The van der Waals surface area contributed by atoms with Crippen LogP contribution in [-0.2, 0) is 4.79 Å². The average molecular weight is 217 g/mol. The van der Waals surface area contributed by atoms with Gasteiger partial charge in [-0.25, -0.2) is 8.78 Å². The highest BCUT2D eigenvalue weighted by Gasteiger charge is 2.19. The third kappa shape index (κ3) is 2.41. The molecule has 0 bridgehead atoms. The van der Waals surface area contributed by atoms with E-state index in [0.717, 1.165) is 18.2 Å². The monoisotopic (exact) mass is 217 g/mol. The Labute approximate surface area is 83.9 Å². The van der Waals surface area contributed by atoms with Gasteiger partial charge in [0.25, 0.3) is 6.43 Å². The molecule has 0 spiro atoms. The number of aliphatic carboxylic acids is 1. The van der Waals surface area contributed by atoms with Gasteiger partial charge < -0.3 is 15.9 Å². The maximum absolute atomic E-state index is 12.2. The minimum absolute atomic E-state index is 0.0908. The fourth-order valence-corrected chi connectivity index (χ4v) is 1.09. The predicted molar refractivity (Wildman–Crippen MR) is 47.6 cm³/mol. The number of carbonyl (C=O) groups is 1. The van der Waals surface area contributed by atoms with Crippen molar-refractivity contribution in [2.24, 2.45) is 5.73 Å². The van der Waals surface area contributed by atoms with E-state index in [2.05, 4.69) is 0 Å². The number of benzene rings is 1. The fraction of sp³-hybridized carbons (Fsp3) is 0.222. The molecular formula is C9H9F2NO3. The van der Waals surface area contributed by atoms with E-state index in [1.54, 1.807) is 0 Å². The summed E-state index contributed by atoms with van der Waals surface area (Å²) in [6, 6.07) is 1.50. The molecule has 82 valence electrons. The molecule has 1 rings (SSSR count). The van der Waals surface area contributed by atoms with Crippen LogP contribution in [0.4, 0.5) is 8.78 Å². The summed E-state index contributed by atoms with van der Waals surface area (Å²) in [5.74, 6) is -1.88. The molecule has 0 aliphatic heterocycles. The quantitative estimate of drug-likeness (QED) is 0.714. The number of hydrogen-bond acceptors (Lipinski definition) is 3. The SMILES string of the molecule is NC(C(=O)O)c1ccc(C(F)F)cc1O. The summed E-state index contributed by atoms with van der Waals surface area (Å²) in [6.45, 7) is 0. The van der Waals surface area contributed by atoms with Crippen molar-refractivity contribution in [3.63, 3.8) is 0 Å². The molecule has 1 aromatic carbocycles. The van der Waals surface area contributed by atoms with Crippen molar-refractivity contribution < 1.29 is 23.8 Å². The van der Waals surface area contributed by atoms with Crippen LogP contribution in [-0.4, -0.2) is 16.2 Å². The van der Waals surface area contributed by atoms with E-state index in [-0.39, 0.29) is 11.1 Å². The molecule has 4 nitrogen and oxygen atoms in total. The number of aromatic hydroxyl groups is 1. The van der Waals surface area contributed by atoms with Gasteiger partial charge in [0.15, 0.2) is 0 Å². The molecule has 0 aliphatic rings. The van der Waals surface area contributed by atoms with Gasteiger partial charge in [-0.1, -0.05) is 12.1 Å². The standard InChI is InChI=1S/C9H9F2NO3/c10-8(11)4-1-2-5(6(13)3-4)7(12)9(14)15/h1-3,7-8,13H,12H2,(H,14,15). The lowest BCUT2D eigenvalue weighted by molar-refractivity contribution is -0.138. The second kappa shape index (κ2) is 4.22. The largest absolute Gasteiger partial charge is 0.508 e. The van der Waals surface area contributed by atoms with Crippen LogP contribution in [0.5, 0.6) is 5.75 Å². The van der Waals surface area contributed by atoms with E-state index < -0.39 is 24.2 Å². The van der Waals surface area contributed by atoms with Crippen LogP contribution in [0.25, 0.3) is 0 Å². The molecule has 0 fully saturated rings. The van der Waals surface area contributed by atoms with Crippen LogP contribution in [0.2, 0.25) is 0 Å². The minimum Gasteiger partial charge on any atom is -0.508 e. The van der Waals surface area contributed by atoms with E-state index >= 15 is 0 Å². The number of carboxylic acid groups (broad SMARTS) is 1. The summed E-state index contributed by atoms with van der Waals surface area (Å²) in [5, 5.41) is 17.8. The van der Waals surface area contributed by atoms with Crippen molar-refractivity contribution in [3.8, 4) is 5.75 Å². The van der Waals surface area contributed by atoms with Crippen molar-refractivity contribution in [3.05, 3.63) is 29.3 Å². The molecule has 6 heteroatoms. The summed E-state index contributed by atoms with van der Waals surface area (Å²) < 4.78 is 24.4. The molecule has 0 amide bonds. The zero-order valence-corrected chi connectivity index (χ0v) is 7.52. The highest BCUT2D eigenvalue weighted by Crippen LogP contribution is 2.28. The Morgan fingerprint density at radius 1 is 1.40 bits per heavy atom. The topological polar surface area (TPSA) is 83.6 Å². The number of phenolic OH excluding ortho intramolecular Hbond substituents is 1. The average Bonchev–Trinajstić information content (AvgIpc) is 2.16. The summed E-state index contributed by atoms with van der Waals surface area (Å²) in [5.41, 5.74) is 4.75. The number of alkyl halides is 2. The van der Waals surface area contributed by atoms with Gasteiger partial charge >= 0.3 is 5.97 Å². The van der Waals surface area contributed by atoms with Crippen molar-refractivity contribution in [2.45, 2.75) is 12.5 Å². The van der Waals surface area contributed by atoms with Gasteiger partial charge in [0.05, 0.1) is 0 Å². The highest BCUT2D eigenvalue weighted by atomic mass is 19.3. The van der Waals surface area contributed by atoms with Crippen LogP contribution in [0.1, 0.15) is 23.6 Å². The molecule has 0 heterocycles. The molecule has 0 saturated carbocycles. The molecule has 1 aromatic rings. The van der Waals surface area contributed by atoms with Gasteiger partial charge in [-0.3, -0.25) is 4.79 Å². The molecule has 0 radical (unpaired) electrons. The lowest BCUT2D eigenvalue weighted by Gasteiger charge is -2.10. The number of hydrogen-bond donors (Lipinski definition) is 3. The Bertz CT molecular complexity index is 382. The van der Waals surface area contributed by atoms with Crippen molar-refractivity contribution >= 4 is 5.97 Å². The summed E-state index contributed by atoms with van der Waals surface area (Å²) in [4.78, 5) is 10.5. The molecule has 0 aromatic heterocycles. The molecule has 4 N–H and O–H groups in total. The second-order valence-corrected chi connectivity index (χ2v) is 2.93. The van der Waals surface area contributed by atoms with Gasteiger partial charge in [0.2, 0.25) is 0 Å². The van der Waals surface area contributed by atoms with Crippen LogP contribution in [0, 0.1) is 0 Å². The molecular weight excluding hydrogens is 208 g/mol. The fourth-order valence-electron chi connectivity index (χ4n) is 1.09. The number of halogens is 2. The Morgan fingerprint density at radius 3 is 2.40 bits per heavy atom. The Hall–Kier alpha value is -1.69. The molecule has 0 saturated heterocycles. The van der Waals surface area contributed by atoms with Gasteiger partial charge in [0, 0.05) is 11.1 Å². The van der Waals surface area contributed by atoms with Crippen LogP contribution in [0.15, 0.2) is 18.2 Å². The maximum atomic E-state index is 12.2. The highest BCUT2D eigenvalue weighted by molar-refractivity contribution is 5.76. The lowest BCUT2D eigenvalue weighted by Crippen LogP contribution is -2.20. The van der Waals surface area contributed by atoms with Crippen molar-refractivity contribution in [1.82, 2.24) is 0 Å². The predicted octanol–water partition coefficient (Wildman–Crippen LogP) is 1.41.